The number of hydrogen-bond acceptors (Lipinski definition) is 4. The number of aromatic hydroxyl groups is 1. The lowest BCUT2D eigenvalue weighted by Crippen LogP contribution is -2.26. The lowest BCUT2D eigenvalue weighted by atomic mass is 10.2. The van der Waals surface area contributed by atoms with Crippen LogP contribution in [0.2, 0.25) is 0 Å². The van der Waals surface area contributed by atoms with Gasteiger partial charge in [-0.1, -0.05) is 0 Å². The summed E-state index contributed by atoms with van der Waals surface area (Å²) in [5, 5.41) is 9.27. The summed E-state index contributed by atoms with van der Waals surface area (Å²) in [7, 11) is 0. The van der Waals surface area contributed by atoms with Crippen molar-refractivity contribution in [2.24, 2.45) is 0 Å². The average Bonchev–Trinajstić information content (AvgIpc) is 3.01. The molecule has 2 aromatic rings. The summed E-state index contributed by atoms with van der Waals surface area (Å²) in [5.41, 5.74) is 1.86. The Morgan fingerprint density at radius 1 is 1.37 bits per heavy atom. The van der Waals surface area contributed by atoms with Crippen LogP contribution in [-0.2, 0) is 6.54 Å². The van der Waals surface area contributed by atoms with Crippen LogP contribution in [0.3, 0.4) is 0 Å². The van der Waals surface area contributed by atoms with E-state index in [9.17, 15) is 5.11 Å². The number of nitrogens with zero attached hydrogens (tertiary/aromatic N) is 2. The van der Waals surface area contributed by atoms with Gasteiger partial charge in [0.1, 0.15) is 12.0 Å². The van der Waals surface area contributed by atoms with Gasteiger partial charge in [0, 0.05) is 18.2 Å². The Bertz CT molecular complexity index is 548. The van der Waals surface area contributed by atoms with Gasteiger partial charge >= 0.3 is 0 Å². The highest BCUT2D eigenvalue weighted by Gasteiger charge is 2.21. The number of benzene rings is 1. The first kappa shape index (κ1) is 12.2. The number of oxazole rings is 1. The monoisotopic (exact) mass is 258 g/mol. The van der Waals surface area contributed by atoms with E-state index in [1.54, 1.807) is 18.4 Å². The van der Waals surface area contributed by atoms with Crippen molar-refractivity contribution in [3.05, 3.63) is 36.2 Å². The van der Waals surface area contributed by atoms with Crippen molar-refractivity contribution in [2.75, 3.05) is 6.54 Å². The molecule has 1 saturated heterocycles. The van der Waals surface area contributed by atoms with Gasteiger partial charge < -0.3 is 9.52 Å². The topological polar surface area (TPSA) is 49.5 Å². The van der Waals surface area contributed by atoms with Crippen LogP contribution in [0.25, 0.3) is 11.5 Å². The van der Waals surface area contributed by atoms with Crippen LogP contribution in [-0.4, -0.2) is 27.6 Å². The van der Waals surface area contributed by atoms with Crippen molar-refractivity contribution >= 4 is 0 Å². The minimum absolute atomic E-state index is 0.251. The van der Waals surface area contributed by atoms with Crippen LogP contribution in [0, 0.1) is 0 Å². The van der Waals surface area contributed by atoms with E-state index in [4.69, 9.17) is 4.42 Å². The third-order valence-electron chi connectivity index (χ3n) is 3.72. The summed E-state index contributed by atoms with van der Waals surface area (Å²) in [4.78, 5) is 6.95. The van der Waals surface area contributed by atoms with Crippen LogP contribution in [0.4, 0.5) is 0 Å². The van der Waals surface area contributed by atoms with E-state index in [1.165, 1.54) is 12.8 Å². The molecule has 0 aliphatic carbocycles. The number of phenolic OH excluding ortho intramolecular Hbond substituents is 1. The first-order valence-electron chi connectivity index (χ1n) is 6.70. The van der Waals surface area contributed by atoms with Gasteiger partial charge in [0.2, 0.25) is 5.89 Å². The molecule has 100 valence electrons. The van der Waals surface area contributed by atoms with Crippen molar-refractivity contribution in [1.29, 1.82) is 0 Å². The largest absolute Gasteiger partial charge is 0.508 e. The minimum atomic E-state index is 0.251. The van der Waals surface area contributed by atoms with Gasteiger partial charge in [-0.05, 0) is 50.6 Å². The van der Waals surface area contributed by atoms with Crippen LogP contribution < -0.4 is 0 Å². The zero-order valence-electron chi connectivity index (χ0n) is 11.0. The Balaban J connectivity index is 1.74. The third-order valence-corrected chi connectivity index (χ3v) is 3.72. The molecule has 0 spiro atoms. The molecule has 1 aromatic carbocycles. The van der Waals surface area contributed by atoms with Gasteiger partial charge in [0.15, 0.2) is 0 Å². The second-order valence-corrected chi connectivity index (χ2v) is 5.15. The maximum atomic E-state index is 9.27. The lowest BCUT2D eigenvalue weighted by molar-refractivity contribution is 0.257. The molecule has 1 aliphatic rings. The molecule has 1 aliphatic heterocycles. The SMILES string of the molecule is CC1CCCN1Cc1coc(-c2ccc(O)cc2)n1. The van der Waals surface area contributed by atoms with E-state index >= 15 is 0 Å². The quantitative estimate of drug-likeness (QED) is 0.919. The molecule has 0 amide bonds. The molecule has 1 unspecified atom stereocenters. The molecule has 4 nitrogen and oxygen atoms in total. The maximum Gasteiger partial charge on any atom is 0.226 e. The molecule has 3 rings (SSSR count). The Morgan fingerprint density at radius 3 is 2.84 bits per heavy atom. The van der Waals surface area contributed by atoms with E-state index < -0.39 is 0 Å². The summed E-state index contributed by atoms with van der Waals surface area (Å²) in [6, 6.07) is 7.53. The summed E-state index contributed by atoms with van der Waals surface area (Å²) < 4.78 is 5.52. The predicted molar refractivity (Wildman–Crippen MR) is 72.7 cm³/mol. The van der Waals surface area contributed by atoms with Gasteiger partial charge in [0.05, 0.1) is 5.69 Å². The second-order valence-electron chi connectivity index (χ2n) is 5.15. The predicted octanol–water partition coefficient (Wildman–Crippen LogP) is 3.03. The maximum absolute atomic E-state index is 9.27. The molecule has 0 bridgehead atoms. The number of aromatic nitrogens is 1. The molecular formula is C15H18N2O2. The van der Waals surface area contributed by atoms with Crippen molar-refractivity contribution in [2.45, 2.75) is 32.4 Å². The third kappa shape index (κ3) is 2.63. The van der Waals surface area contributed by atoms with Crippen LogP contribution in [0.1, 0.15) is 25.5 Å². The first-order chi connectivity index (χ1) is 9.22. The van der Waals surface area contributed by atoms with E-state index in [2.05, 4.69) is 16.8 Å². The highest BCUT2D eigenvalue weighted by atomic mass is 16.3. The Morgan fingerprint density at radius 2 is 2.16 bits per heavy atom. The van der Waals surface area contributed by atoms with Gasteiger partial charge in [-0.25, -0.2) is 4.98 Å². The Kier molecular flexibility index (Phi) is 3.25. The smallest absolute Gasteiger partial charge is 0.226 e. The average molecular weight is 258 g/mol. The first-order valence-corrected chi connectivity index (χ1v) is 6.70. The molecule has 19 heavy (non-hydrogen) atoms. The fourth-order valence-corrected chi connectivity index (χ4v) is 2.55. The van der Waals surface area contributed by atoms with Crippen LogP contribution in [0.15, 0.2) is 34.9 Å². The zero-order valence-corrected chi connectivity index (χ0v) is 11.0. The molecule has 0 radical (unpaired) electrons. The highest BCUT2D eigenvalue weighted by Crippen LogP contribution is 2.23. The van der Waals surface area contributed by atoms with Crippen LogP contribution >= 0.6 is 0 Å². The number of phenols is 1. The van der Waals surface area contributed by atoms with Gasteiger partial charge in [-0.2, -0.15) is 0 Å². The number of likely N-dealkylation sites (tertiary alicyclic amines) is 1. The van der Waals surface area contributed by atoms with Crippen LogP contribution in [0.5, 0.6) is 5.75 Å². The summed E-state index contributed by atoms with van der Waals surface area (Å²) in [5.74, 6) is 0.864. The molecular weight excluding hydrogens is 240 g/mol. The fraction of sp³-hybridized carbons (Fsp3) is 0.400. The standard InChI is InChI=1S/C15H18N2O2/c1-11-3-2-8-17(11)9-13-10-19-15(16-13)12-4-6-14(18)7-5-12/h4-7,10-11,18H,2-3,8-9H2,1H3. The van der Waals surface area contributed by atoms with Crippen molar-refractivity contribution in [3.8, 4) is 17.2 Å². The molecule has 1 aromatic heterocycles. The molecule has 0 saturated carbocycles. The summed E-state index contributed by atoms with van der Waals surface area (Å²) in [6.07, 6.45) is 4.26. The van der Waals surface area contributed by atoms with Crippen molar-refractivity contribution < 1.29 is 9.52 Å². The molecule has 4 heteroatoms. The van der Waals surface area contributed by atoms with E-state index in [-0.39, 0.29) is 5.75 Å². The Labute approximate surface area is 112 Å². The van der Waals surface area contributed by atoms with E-state index in [0.717, 1.165) is 24.3 Å². The van der Waals surface area contributed by atoms with E-state index in [1.807, 2.05) is 12.1 Å². The fourth-order valence-electron chi connectivity index (χ4n) is 2.55. The normalized spacial score (nSPS) is 19.9. The lowest BCUT2D eigenvalue weighted by Gasteiger charge is -2.18. The van der Waals surface area contributed by atoms with Gasteiger partial charge in [-0.15, -0.1) is 0 Å². The zero-order chi connectivity index (χ0) is 13.2. The molecule has 1 N–H and O–H groups in total. The number of rotatable bonds is 3. The van der Waals surface area contributed by atoms with E-state index in [0.29, 0.717) is 11.9 Å². The minimum Gasteiger partial charge on any atom is -0.508 e. The second kappa shape index (κ2) is 5.05. The van der Waals surface area contributed by atoms with Gasteiger partial charge in [0.25, 0.3) is 0 Å². The van der Waals surface area contributed by atoms with Gasteiger partial charge in [-0.3, -0.25) is 4.90 Å². The number of hydrogen-bond donors (Lipinski definition) is 1. The molecule has 2 heterocycles. The molecule has 1 fully saturated rings. The summed E-state index contributed by atoms with van der Waals surface area (Å²) >= 11 is 0. The highest BCUT2D eigenvalue weighted by molar-refractivity contribution is 5.54. The Hall–Kier alpha value is -1.81. The summed E-state index contributed by atoms with van der Waals surface area (Å²) in [6.45, 7) is 4.25. The van der Waals surface area contributed by atoms with Crippen molar-refractivity contribution in [3.63, 3.8) is 0 Å². The van der Waals surface area contributed by atoms with Crippen molar-refractivity contribution in [1.82, 2.24) is 9.88 Å². The molecule has 1 atom stereocenters.